The topological polar surface area (TPSA) is 54.4 Å². The van der Waals surface area contributed by atoms with E-state index >= 15 is 0 Å². The summed E-state index contributed by atoms with van der Waals surface area (Å²) in [7, 11) is 0. The van der Waals surface area contributed by atoms with Gasteiger partial charge in [0.15, 0.2) is 0 Å². The second-order valence-electron chi connectivity index (χ2n) is 3.97. The van der Waals surface area contributed by atoms with Gasteiger partial charge in [-0.3, -0.25) is 9.78 Å². The van der Waals surface area contributed by atoms with Crippen LogP contribution in [0.5, 0.6) is 0 Å². The molecule has 2 aromatic rings. The smallest absolute Gasteiger partial charge is 0.267 e. The molecule has 1 aromatic heterocycles. The molecular formula is C14H12ClN3O. The zero-order valence-corrected chi connectivity index (χ0v) is 11.1. The summed E-state index contributed by atoms with van der Waals surface area (Å²) in [6.45, 7) is 1.91. The van der Waals surface area contributed by atoms with Crippen molar-refractivity contribution in [3.63, 3.8) is 0 Å². The van der Waals surface area contributed by atoms with Crippen LogP contribution < -0.4 is 5.43 Å². The normalized spacial score (nSPS) is 10.6. The number of aromatic nitrogens is 1. The molecule has 4 nitrogen and oxygen atoms in total. The molecule has 0 aliphatic carbocycles. The van der Waals surface area contributed by atoms with Gasteiger partial charge >= 0.3 is 0 Å². The summed E-state index contributed by atoms with van der Waals surface area (Å²) in [4.78, 5) is 15.8. The third-order valence-corrected chi connectivity index (χ3v) is 2.75. The van der Waals surface area contributed by atoms with E-state index in [4.69, 9.17) is 11.6 Å². The van der Waals surface area contributed by atoms with Crippen LogP contribution in [0.3, 0.4) is 0 Å². The first-order valence-electron chi connectivity index (χ1n) is 5.66. The van der Waals surface area contributed by atoms with Crippen molar-refractivity contribution >= 4 is 23.7 Å². The van der Waals surface area contributed by atoms with Crippen LogP contribution in [0.15, 0.2) is 47.8 Å². The molecule has 0 spiro atoms. The van der Waals surface area contributed by atoms with Crippen molar-refractivity contribution in [2.45, 2.75) is 6.92 Å². The first kappa shape index (κ1) is 13.2. The summed E-state index contributed by atoms with van der Waals surface area (Å²) in [5.41, 5.74) is 4.63. The monoisotopic (exact) mass is 273 g/mol. The highest BCUT2D eigenvalue weighted by molar-refractivity contribution is 6.33. The molecule has 1 amide bonds. The van der Waals surface area contributed by atoms with Crippen LogP contribution in [0.4, 0.5) is 0 Å². The van der Waals surface area contributed by atoms with E-state index in [9.17, 15) is 4.79 Å². The number of pyridine rings is 1. The minimum Gasteiger partial charge on any atom is -0.267 e. The number of benzene rings is 1. The molecule has 0 saturated carbocycles. The van der Waals surface area contributed by atoms with Gasteiger partial charge in [-0.1, -0.05) is 23.7 Å². The van der Waals surface area contributed by atoms with Crippen LogP contribution in [-0.2, 0) is 0 Å². The Kier molecular flexibility index (Phi) is 4.26. The molecule has 0 unspecified atom stereocenters. The lowest BCUT2D eigenvalue weighted by molar-refractivity contribution is 0.0955. The second-order valence-corrected chi connectivity index (χ2v) is 4.38. The van der Waals surface area contributed by atoms with E-state index in [1.54, 1.807) is 30.6 Å². The fraction of sp³-hybridized carbons (Fsp3) is 0.0714. The molecule has 1 aromatic carbocycles. The average Bonchev–Trinajstić information content (AvgIpc) is 2.39. The van der Waals surface area contributed by atoms with Crippen molar-refractivity contribution in [2.75, 3.05) is 0 Å². The number of carbonyl (C=O) groups is 1. The first-order valence-corrected chi connectivity index (χ1v) is 6.04. The fourth-order valence-electron chi connectivity index (χ4n) is 1.48. The molecule has 5 heteroatoms. The maximum absolute atomic E-state index is 11.8. The lowest BCUT2D eigenvalue weighted by Crippen LogP contribution is -2.18. The van der Waals surface area contributed by atoms with E-state index in [0.717, 1.165) is 11.1 Å². The summed E-state index contributed by atoms with van der Waals surface area (Å²) in [6.07, 6.45) is 4.84. The Morgan fingerprint density at radius 3 is 2.95 bits per heavy atom. The van der Waals surface area contributed by atoms with E-state index in [0.29, 0.717) is 10.6 Å². The Balaban J connectivity index is 2.04. The molecule has 0 aliphatic rings. The molecule has 0 fully saturated rings. The van der Waals surface area contributed by atoms with Gasteiger partial charge in [0.25, 0.3) is 5.91 Å². The molecule has 1 N–H and O–H groups in total. The van der Waals surface area contributed by atoms with Crippen molar-refractivity contribution < 1.29 is 4.79 Å². The van der Waals surface area contributed by atoms with Crippen molar-refractivity contribution in [3.05, 3.63) is 64.4 Å². The van der Waals surface area contributed by atoms with Gasteiger partial charge in [-0.15, -0.1) is 0 Å². The number of carbonyl (C=O) groups excluding carboxylic acids is 1. The zero-order chi connectivity index (χ0) is 13.7. The minimum absolute atomic E-state index is 0.342. The number of nitrogens with zero attached hydrogens (tertiary/aromatic N) is 2. The van der Waals surface area contributed by atoms with Crippen LogP contribution in [-0.4, -0.2) is 17.1 Å². The van der Waals surface area contributed by atoms with Gasteiger partial charge in [0.2, 0.25) is 0 Å². The van der Waals surface area contributed by atoms with Gasteiger partial charge in [0.05, 0.1) is 16.8 Å². The van der Waals surface area contributed by atoms with Crippen LogP contribution in [0.25, 0.3) is 0 Å². The lowest BCUT2D eigenvalue weighted by atomic mass is 10.1. The minimum atomic E-state index is -0.342. The van der Waals surface area contributed by atoms with Crippen LogP contribution in [0, 0.1) is 6.92 Å². The maximum Gasteiger partial charge on any atom is 0.272 e. The molecule has 1 heterocycles. The second kappa shape index (κ2) is 6.11. The standard InChI is InChI=1S/C14H12ClN3O/c1-10-4-5-12(13(15)7-10)14(19)18-17-9-11-3-2-6-16-8-11/h2-9H,1H3,(H,18,19)/b17-9-. The molecule has 0 bridgehead atoms. The number of nitrogens with one attached hydrogen (secondary N) is 1. The largest absolute Gasteiger partial charge is 0.272 e. The summed E-state index contributed by atoms with van der Waals surface area (Å²) < 4.78 is 0. The number of rotatable bonds is 3. The van der Waals surface area contributed by atoms with Crippen LogP contribution >= 0.6 is 11.6 Å². The third-order valence-electron chi connectivity index (χ3n) is 2.43. The van der Waals surface area contributed by atoms with Crippen molar-refractivity contribution in [3.8, 4) is 0 Å². The lowest BCUT2D eigenvalue weighted by Gasteiger charge is -2.03. The fourth-order valence-corrected chi connectivity index (χ4v) is 1.80. The maximum atomic E-state index is 11.8. The highest BCUT2D eigenvalue weighted by Gasteiger charge is 2.08. The molecular weight excluding hydrogens is 262 g/mol. The Morgan fingerprint density at radius 1 is 1.42 bits per heavy atom. The van der Waals surface area contributed by atoms with Gasteiger partial charge in [-0.05, 0) is 30.7 Å². The summed E-state index contributed by atoms with van der Waals surface area (Å²) >= 11 is 6.00. The van der Waals surface area contributed by atoms with Gasteiger partial charge in [0.1, 0.15) is 0 Å². The number of amides is 1. The quantitative estimate of drug-likeness (QED) is 0.691. The Labute approximate surface area is 116 Å². The van der Waals surface area contributed by atoms with E-state index in [1.165, 1.54) is 6.21 Å². The van der Waals surface area contributed by atoms with Gasteiger partial charge in [-0.25, -0.2) is 5.43 Å². The number of aryl methyl sites for hydroxylation is 1. The van der Waals surface area contributed by atoms with Gasteiger partial charge < -0.3 is 0 Å². The van der Waals surface area contributed by atoms with Crippen molar-refractivity contribution in [2.24, 2.45) is 5.10 Å². The summed E-state index contributed by atoms with van der Waals surface area (Å²) in [5, 5.41) is 4.27. The van der Waals surface area contributed by atoms with Gasteiger partial charge in [-0.2, -0.15) is 5.10 Å². The molecule has 19 heavy (non-hydrogen) atoms. The number of hydrogen-bond acceptors (Lipinski definition) is 3. The average molecular weight is 274 g/mol. The molecule has 0 aliphatic heterocycles. The van der Waals surface area contributed by atoms with Crippen molar-refractivity contribution in [1.29, 1.82) is 0 Å². The predicted octanol–water partition coefficient (Wildman–Crippen LogP) is 2.81. The third kappa shape index (κ3) is 3.63. The molecule has 0 radical (unpaired) electrons. The Bertz CT molecular complexity index is 611. The molecule has 0 atom stereocenters. The first-order chi connectivity index (χ1) is 9.16. The SMILES string of the molecule is Cc1ccc(C(=O)N/N=C\c2cccnc2)c(Cl)c1. The van der Waals surface area contributed by atoms with Gasteiger partial charge in [0, 0.05) is 18.0 Å². The summed E-state index contributed by atoms with van der Waals surface area (Å²) in [5.74, 6) is -0.342. The Morgan fingerprint density at radius 2 is 2.26 bits per heavy atom. The molecule has 0 saturated heterocycles. The molecule has 2 rings (SSSR count). The van der Waals surface area contributed by atoms with E-state index in [1.807, 2.05) is 19.1 Å². The van der Waals surface area contributed by atoms with Crippen molar-refractivity contribution in [1.82, 2.24) is 10.4 Å². The zero-order valence-electron chi connectivity index (χ0n) is 10.3. The van der Waals surface area contributed by atoms with E-state index in [2.05, 4.69) is 15.5 Å². The predicted molar refractivity (Wildman–Crippen MR) is 75.5 cm³/mol. The highest BCUT2D eigenvalue weighted by atomic mass is 35.5. The molecule has 96 valence electrons. The number of hydrazone groups is 1. The number of halogens is 1. The van der Waals surface area contributed by atoms with Crippen LogP contribution in [0.1, 0.15) is 21.5 Å². The van der Waals surface area contributed by atoms with E-state index in [-0.39, 0.29) is 5.91 Å². The van der Waals surface area contributed by atoms with Crippen LogP contribution in [0.2, 0.25) is 5.02 Å². The highest BCUT2D eigenvalue weighted by Crippen LogP contribution is 2.17. The number of hydrogen-bond donors (Lipinski definition) is 1. The Hall–Kier alpha value is -2.20. The van der Waals surface area contributed by atoms with E-state index < -0.39 is 0 Å². The summed E-state index contributed by atoms with van der Waals surface area (Å²) in [6, 6.07) is 8.86.